The average molecular weight is 528 g/mol. The molecule has 1 fully saturated rings. The van der Waals surface area contributed by atoms with Crippen molar-refractivity contribution < 1.29 is 9.21 Å². The van der Waals surface area contributed by atoms with Crippen molar-refractivity contribution in [1.82, 2.24) is 20.2 Å². The molecule has 1 aliphatic heterocycles. The molecule has 38 heavy (non-hydrogen) atoms. The van der Waals surface area contributed by atoms with Crippen LogP contribution in [0.1, 0.15) is 39.9 Å². The van der Waals surface area contributed by atoms with Crippen molar-refractivity contribution in [2.75, 3.05) is 31.1 Å². The second kappa shape index (κ2) is 12.8. The number of anilines is 1. The predicted molar refractivity (Wildman–Crippen MR) is 151 cm³/mol. The van der Waals surface area contributed by atoms with Gasteiger partial charge in [0.1, 0.15) is 11.6 Å². The first-order valence-electron chi connectivity index (χ1n) is 13.1. The van der Waals surface area contributed by atoms with E-state index >= 15 is 0 Å². The van der Waals surface area contributed by atoms with Gasteiger partial charge in [0.25, 0.3) is 5.91 Å². The van der Waals surface area contributed by atoms with Gasteiger partial charge in [0.2, 0.25) is 0 Å². The minimum atomic E-state index is -0.118. The van der Waals surface area contributed by atoms with Crippen LogP contribution in [0.2, 0.25) is 0 Å². The molecular weight excluding hydrogens is 494 g/mol. The van der Waals surface area contributed by atoms with Crippen LogP contribution in [0.15, 0.2) is 88.6 Å². The fraction of sp³-hybridized carbons (Fsp3) is 0.300. The first-order valence-corrected chi connectivity index (χ1v) is 14.1. The van der Waals surface area contributed by atoms with E-state index in [1.807, 2.05) is 36.4 Å². The molecule has 1 saturated heterocycles. The molecule has 2 aromatic heterocycles. The summed E-state index contributed by atoms with van der Waals surface area (Å²) in [4.78, 5) is 27.0. The van der Waals surface area contributed by atoms with Crippen molar-refractivity contribution in [2.45, 2.75) is 37.3 Å². The number of carbonyl (C=O) groups excluding carboxylic acids is 1. The van der Waals surface area contributed by atoms with Crippen molar-refractivity contribution in [3.63, 3.8) is 0 Å². The van der Waals surface area contributed by atoms with Crippen molar-refractivity contribution in [3.8, 4) is 0 Å². The number of nitrogens with zero attached hydrogens (tertiary/aromatic N) is 4. The van der Waals surface area contributed by atoms with E-state index in [2.05, 4.69) is 58.4 Å². The fourth-order valence-electron chi connectivity index (χ4n) is 4.43. The Morgan fingerprint density at radius 3 is 2.45 bits per heavy atom. The molecule has 0 atom stereocenters. The summed E-state index contributed by atoms with van der Waals surface area (Å²) in [5.41, 5.74) is 4.17. The number of rotatable bonds is 10. The van der Waals surface area contributed by atoms with Crippen molar-refractivity contribution in [3.05, 3.63) is 107 Å². The Balaban J connectivity index is 1.15. The Bertz CT molecular complexity index is 1300. The minimum absolute atomic E-state index is 0.118. The van der Waals surface area contributed by atoms with Crippen molar-refractivity contribution >= 4 is 23.5 Å². The van der Waals surface area contributed by atoms with E-state index in [0.29, 0.717) is 12.1 Å². The number of thioether (sulfide) groups is 1. The Labute approximate surface area is 228 Å². The van der Waals surface area contributed by atoms with Gasteiger partial charge in [-0.05, 0) is 41.8 Å². The van der Waals surface area contributed by atoms with Gasteiger partial charge >= 0.3 is 0 Å². The van der Waals surface area contributed by atoms with Gasteiger partial charge in [-0.3, -0.25) is 9.69 Å². The smallest absolute Gasteiger partial charge is 0.251 e. The van der Waals surface area contributed by atoms with Crippen LogP contribution in [0.3, 0.4) is 0 Å². The van der Waals surface area contributed by atoms with E-state index in [1.165, 1.54) is 5.56 Å². The van der Waals surface area contributed by atoms with Crippen molar-refractivity contribution in [1.29, 1.82) is 0 Å². The highest BCUT2D eigenvalue weighted by atomic mass is 32.2. The van der Waals surface area contributed by atoms with Gasteiger partial charge in [-0.1, -0.05) is 61.2 Å². The molecule has 3 heterocycles. The van der Waals surface area contributed by atoms with Crippen LogP contribution in [0.25, 0.3) is 0 Å². The first kappa shape index (κ1) is 26.0. The summed E-state index contributed by atoms with van der Waals surface area (Å²) in [7, 11) is 0. The van der Waals surface area contributed by atoms with Crippen LogP contribution in [0.5, 0.6) is 0 Å². The summed E-state index contributed by atoms with van der Waals surface area (Å²) in [5.74, 6) is 2.37. The van der Waals surface area contributed by atoms with Gasteiger partial charge in [0, 0.05) is 55.8 Å². The van der Waals surface area contributed by atoms with Crippen LogP contribution in [0.4, 0.5) is 5.82 Å². The normalized spacial score (nSPS) is 14.0. The number of benzene rings is 2. The molecule has 0 unspecified atom stereocenters. The van der Waals surface area contributed by atoms with E-state index in [-0.39, 0.29) is 5.91 Å². The van der Waals surface area contributed by atoms with Crippen LogP contribution < -0.4 is 10.2 Å². The first-order chi connectivity index (χ1) is 18.7. The molecule has 8 heteroatoms. The summed E-state index contributed by atoms with van der Waals surface area (Å²) < 4.78 is 5.27. The van der Waals surface area contributed by atoms with Gasteiger partial charge in [-0.25, -0.2) is 9.97 Å². The Morgan fingerprint density at radius 2 is 1.74 bits per heavy atom. The highest BCUT2D eigenvalue weighted by molar-refractivity contribution is 7.98. The number of furan rings is 1. The summed E-state index contributed by atoms with van der Waals surface area (Å²) >= 11 is 1.63. The second-order valence-electron chi connectivity index (χ2n) is 9.35. The van der Waals surface area contributed by atoms with Crippen molar-refractivity contribution in [2.24, 2.45) is 0 Å². The van der Waals surface area contributed by atoms with Crippen LogP contribution in [-0.2, 0) is 25.3 Å². The van der Waals surface area contributed by atoms with Gasteiger partial charge in [-0.2, -0.15) is 0 Å². The lowest BCUT2D eigenvalue weighted by molar-refractivity contribution is 0.0948. The number of piperazine rings is 1. The molecule has 7 nitrogen and oxygen atoms in total. The summed E-state index contributed by atoms with van der Waals surface area (Å²) in [6.07, 6.45) is 2.48. The van der Waals surface area contributed by atoms with E-state index in [4.69, 9.17) is 14.4 Å². The molecule has 2 aromatic carbocycles. The second-order valence-corrected chi connectivity index (χ2v) is 10.3. The van der Waals surface area contributed by atoms with Crippen LogP contribution in [-0.4, -0.2) is 47.0 Å². The van der Waals surface area contributed by atoms with E-state index in [1.54, 1.807) is 18.0 Å². The molecule has 0 radical (unpaired) electrons. The largest absolute Gasteiger partial charge is 0.467 e. The molecule has 5 rings (SSSR count). The third kappa shape index (κ3) is 7.02. The predicted octanol–water partition coefficient (Wildman–Crippen LogP) is 5.18. The summed E-state index contributed by atoms with van der Waals surface area (Å²) in [6, 6.07) is 24.1. The third-order valence-corrected chi connectivity index (χ3v) is 7.56. The molecule has 1 aliphatic rings. The molecular formula is C30H33N5O2S. The number of aryl methyl sites for hydroxylation is 1. The SMILES string of the molecule is CCc1cc(N2CCN(Cc3ccccc3)CC2)nc(SCc2ccc(C(=O)NCc3ccco3)cc2)n1. The van der Waals surface area contributed by atoms with E-state index in [9.17, 15) is 4.79 Å². The Kier molecular flexibility index (Phi) is 8.73. The number of hydrogen-bond acceptors (Lipinski definition) is 7. The van der Waals surface area contributed by atoms with E-state index in [0.717, 1.165) is 72.9 Å². The Hall–Kier alpha value is -3.62. The zero-order chi connectivity index (χ0) is 26.2. The van der Waals surface area contributed by atoms with Gasteiger partial charge in [0.05, 0.1) is 12.8 Å². The lowest BCUT2D eigenvalue weighted by Crippen LogP contribution is -2.46. The zero-order valence-corrected chi connectivity index (χ0v) is 22.5. The van der Waals surface area contributed by atoms with Crippen LogP contribution >= 0.6 is 11.8 Å². The molecule has 0 aliphatic carbocycles. The van der Waals surface area contributed by atoms with E-state index < -0.39 is 0 Å². The standard InChI is InChI=1S/C30H33N5O2S/c1-2-26-19-28(35-16-14-34(15-17-35)21-23-7-4-3-5-8-23)33-30(32-26)38-22-24-10-12-25(13-11-24)29(36)31-20-27-9-6-18-37-27/h3-13,18-19H,2,14-17,20-22H2,1H3,(H,31,36). The summed E-state index contributed by atoms with van der Waals surface area (Å²) in [6.45, 7) is 7.45. The number of aromatic nitrogens is 2. The highest BCUT2D eigenvalue weighted by Gasteiger charge is 2.19. The maximum absolute atomic E-state index is 12.4. The number of nitrogens with one attached hydrogen (secondary N) is 1. The monoisotopic (exact) mass is 527 g/mol. The minimum Gasteiger partial charge on any atom is -0.467 e. The molecule has 0 spiro atoms. The topological polar surface area (TPSA) is 74.5 Å². The zero-order valence-electron chi connectivity index (χ0n) is 21.7. The van der Waals surface area contributed by atoms with Crippen LogP contribution in [0, 0.1) is 0 Å². The number of amides is 1. The molecule has 196 valence electrons. The number of carbonyl (C=O) groups is 1. The molecule has 0 saturated carbocycles. The lowest BCUT2D eigenvalue weighted by Gasteiger charge is -2.35. The molecule has 1 N–H and O–H groups in total. The Morgan fingerprint density at radius 1 is 0.947 bits per heavy atom. The average Bonchev–Trinajstić information content (AvgIpc) is 3.50. The molecule has 0 bridgehead atoms. The maximum Gasteiger partial charge on any atom is 0.251 e. The quantitative estimate of drug-likeness (QED) is 0.225. The van der Waals surface area contributed by atoms with Gasteiger partial charge < -0.3 is 14.6 Å². The molecule has 1 amide bonds. The highest BCUT2D eigenvalue weighted by Crippen LogP contribution is 2.24. The third-order valence-electron chi connectivity index (χ3n) is 6.64. The molecule has 4 aromatic rings. The fourth-order valence-corrected chi connectivity index (χ4v) is 5.25. The maximum atomic E-state index is 12.4. The van der Waals surface area contributed by atoms with Gasteiger partial charge in [-0.15, -0.1) is 0 Å². The number of hydrogen-bond donors (Lipinski definition) is 1. The lowest BCUT2D eigenvalue weighted by atomic mass is 10.1. The van der Waals surface area contributed by atoms with Gasteiger partial charge in [0.15, 0.2) is 5.16 Å². The summed E-state index contributed by atoms with van der Waals surface area (Å²) in [5, 5.41) is 3.68.